The van der Waals surface area contributed by atoms with Crippen molar-refractivity contribution in [1.29, 1.82) is 0 Å². The monoisotopic (exact) mass is 150 g/mol. The van der Waals surface area contributed by atoms with Crippen LogP contribution in [0.2, 0.25) is 0 Å². The first-order valence-electron chi connectivity index (χ1n) is 2.67. The molecule has 0 aromatic carbocycles. The first-order chi connectivity index (χ1) is 4.84. The van der Waals surface area contributed by atoms with Gasteiger partial charge in [-0.2, -0.15) is 0 Å². The van der Waals surface area contributed by atoms with E-state index in [0.29, 0.717) is 5.56 Å². The molecule has 0 aliphatic heterocycles. The Balaban J connectivity index is 2.95. The number of rotatable bonds is 2. The standard InChI is InChI=1S/C7H4NOS/c9-7(5-10)6-2-1-3-8-4-6/h1-3,5H. The van der Waals surface area contributed by atoms with E-state index in [0.717, 1.165) is 5.37 Å². The minimum Gasteiger partial charge on any atom is -0.288 e. The van der Waals surface area contributed by atoms with Gasteiger partial charge in [-0.3, -0.25) is 9.78 Å². The van der Waals surface area contributed by atoms with Gasteiger partial charge in [-0.05, 0) is 12.1 Å². The second-order valence-electron chi connectivity index (χ2n) is 1.64. The van der Waals surface area contributed by atoms with E-state index in [1.807, 2.05) is 0 Å². The van der Waals surface area contributed by atoms with Gasteiger partial charge < -0.3 is 0 Å². The molecule has 0 unspecified atom stereocenters. The summed E-state index contributed by atoms with van der Waals surface area (Å²) in [4.78, 5) is 14.4. The maximum absolute atomic E-state index is 10.8. The summed E-state index contributed by atoms with van der Waals surface area (Å²) in [5.74, 6) is -0.219. The molecule has 3 heteroatoms. The molecular formula is C7H4NOS. The summed E-state index contributed by atoms with van der Waals surface area (Å²) in [6.07, 6.45) is 4.08. The van der Waals surface area contributed by atoms with E-state index in [-0.39, 0.29) is 5.78 Å². The molecule has 0 amide bonds. The van der Waals surface area contributed by atoms with Gasteiger partial charge in [0.1, 0.15) is 6.20 Å². The second kappa shape index (κ2) is 3.17. The van der Waals surface area contributed by atoms with Gasteiger partial charge in [-0.25, -0.2) is 0 Å². The third-order valence-electron chi connectivity index (χ3n) is 0.981. The minimum absolute atomic E-state index is 0.219. The van der Waals surface area contributed by atoms with Crippen molar-refractivity contribution in [2.24, 2.45) is 0 Å². The number of hydrogen-bond donors (Lipinski definition) is 0. The number of carbonyl (C=O) groups is 1. The van der Waals surface area contributed by atoms with E-state index in [4.69, 9.17) is 0 Å². The highest BCUT2D eigenvalue weighted by Gasteiger charge is 1.98. The Morgan fingerprint density at radius 2 is 2.60 bits per heavy atom. The zero-order valence-corrected chi connectivity index (χ0v) is 5.89. The third kappa shape index (κ3) is 1.45. The van der Waals surface area contributed by atoms with Crippen molar-refractivity contribution in [1.82, 2.24) is 4.98 Å². The molecule has 0 spiro atoms. The van der Waals surface area contributed by atoms with Crippen LogP contribution in [0.4, 0.5) is 0 Å². The Morgan fingerprint density at radius 1 is 1.80 bits per heavy atom. The summed E-state index contributed by atoms with van der Waals surface area (Å²) in [7, 11) is 0. The lowest BCUT2D eigenvalue weighted by Gasteiger charge is -1.88. The Morgan fingerprint density at radius 3 is 3.10 bits per heavy atom. The molecule has 0 saturated carbocycles. The topological polar surface area (TPSA) is 30.0 Å². The number of hydrogen-bond acceptors (Lipinski definition) is 3. The molecule has 0 aliphatic carbocycles. The lowest BCUT2D eigenvalue weighted by molar-refractivity contribution is 0.107. The predicted octanol–water partition coefficient (Wildman–Crippen LogP) is 1.06. The van der Waals surface area contributed by atoms with Gasteiger partial charge in [-0.15, -0.1) is 0 Å². The van der Waals surface area contributed by atoms with Crippen LogP contribution in [0.5, 0.6) is 0 Å². The van der Waals surface area contributed by atoms with Crippen LogP contribution in [0.1, 0.15) is 10.4 Å². The van der Waals surface area contributed by atoms with Crippen LogP contribution in [0.3, 0.4) is 0 Å². The first-order valence-corrected chi connectivity index (χ1v) is 3.14. The first kappa shape index (κ1) is 7.02. The van der Waals surface area contributed by atoms with Gasteiger partial charge in [0.05, 0.1) is 5.56 Å². The number of carbonyl (C=O) groups excluding carboxylic acids is 1. The fourth-order valence-electron chi connectivity index (χ4n) is 0.527. The summed E-state index contributed by atoms with van der Waals surface area (Å²) < 4.78 is 0. The van der Waals surface area contributed by atoms with Gasteiger partial charge in [0.2, 0.25) is 0 Å². The highest BCUT2D eigenvalue weighted by Crippen LogP contribution is 1.93. The van der Waals surface area contributed by atoms with E-state index >= 15 is 0 Å². The summed E-state index contributed by atoms with van der Waals surface area (Å²) in [5, 5.41) is 1.08. The maximum atomic E-state index is 10.8. The van der Waals surface area contributed by atoms with Crippen molar-refractivity contribution in [2.45, 2.75) is 0 Å². The van der Waals surface area contributed by atoms with E-state index in [1.54, 1.807) is 18.3 Å². The second-order valence-corrected chi connectivity index (χ2v) is 1.88. The summed E-state index contributed by atoms with van der Waals surface area (Å²) in [5.41, 5.74) is 0.414. The number of Topliss-reactive ketones (excluding diaryl/α,β-unsaturated/α-hetero) is 1. The van der Waals surface area contributed by atoms with E-state index in [1.165, 1.54) is 0 Å². The zero-order valence-electron chi connectivity index (χ0n) is 5.07. The van der Waals surface area contributed by atoms with Gasteiger partial charge in [0, 0.05) is 11.6 Å². The molecule has 10 heavy (non-hydrogen) atoms. The van der Waals surface area contributed by atoms with Gasteiger partial charge in [-0.1, -0.05) is 12.2 Å². The quantitative estimate of drug-likeness (QED) is 0.466. The van der Waals surface area contributed by atoms with Crippen LogP contribution in [0, 0.1) is 6.20 Å². The molecule has 0 aliphatic rings. The van der Waals surface area contributed by atoms with E-state index in [2.05, 4.69) is 23.4 Å². The highest BCUT2D eigenvalue weighted by atomic mass is 32.1. The third-order valence-corrected chi connectivity index (χ3v) is 1.20. The molecule has 1 rings (SSSR count). The Bertz CT molecular complexity index is 245. The number of pyridine rings is 1. The SMILES string of the molecule is O=C(C=S)c1[c]nccc1. The molecule has 0 saturated heterocycles. The van der Waals surface area contributed by atoms with Crippen LogP contribution in [0.25, 0.3) is 0 Å². The highest BCUT2D eigenvalue weighted by molar-refractivity contribution is 7.80. The van der Waals surface area contributed by atoms with Crippen molar-refractivity contribution in [3.63, 3.8) is 0 Å². The molecule has 2 nitrogen and oxygen atoms in total. The smallest absolute Gasteiger partial charge is 0.198 e. The number of aromatic nitrogens is 1. The van der Waals surface area contributed by atoms with E-state index < -0.39 is 0 Å². The Kier molecular flexibility index (Phi) is 2.23. The molecule has 1 heterocycles. The average Bonchev–Trinajstić information content (AvgIpc) is 2.05. The average molecular weight is 150 g/mol. The fraction of sp³-hybridized carbons (Fsp3) is 0. The maximum Gasteiger partial charge on any atom is 0.198 e. The van der Waals surface area contributed by atoms with Crippen LogP contribution >= 0.6 is 12.2 Å². The largest absolute Gasteiger partial charge is 0.288 e. The minimum atomic E-state index is -0.219. The number of nitrogens with zero attached hydrogens (tertiary/aromatic N) is 1. The van der Waals surface area contributed by atoms with Crippen molar-refractivity contribution < 1.29 is 4.79 Å². The molecule has 0 N–H and O–H groups in total. The Labute approximate surface area is 63.9 Å². The van der Waals surface area contributed by atoms with E-state index in [9.17, 15) is 4.79 Å². The molecule has 0 bridgehead atoms. The fourth-order valence-corrected chi connectivity index (χ4v) is 0.654. The molecule has 0 fully saturated rings. The van der Waals surface area contributed by atoms with Gasteiger partial charge in [0.15, 0.2) is 5.78 Å². The molecule has 1 aromatic heterocycles. The number of ketones is 1. The molecule has 0 atom stereocenters. The molecule has 49 valence electrons. The summed E-state index contributed by atoms with van der Waals surface area (Å²) in [6, 6.07) is 3.29. The van der Waals surface area contributed by atoms with Crippen molar-refractivity contribution in [3.8, 4) is 0 Å². The van der Waals surface area contributed by atoms with Crippen molar-refractivity contribution in [3.05, 3.63) is 30.1 Å². The predicted molar refractivity (Wildman–Crippen MR) is 41.1 cm³/mol. The van der Waals surface area contributed by atoms with Crippen LogP contribution < -0.4 is 0 Å². The number of thiocarbonyl (C=S) groups is 1. The van der Waals surface area contributed by atoms with Crippen molar-refractivity contribution >= 4 is 23.4 Å². The molecular weight excluding hydrogens is 146 g/mol. The summed E-state index contributed by atoms with van der Waals surface area (Å²) in [6.45, 7) is 0. The Hall–Kier alpha value is -1.09. The normalized spacial score (nSPS) is 8.80. The van der Waals surface area contributed by atoms with Crippen LogP contribution in [-0.4, -0.2) is 16.1 Å². The van der Waals surface area contributed by atoms with Gasteiger partial charge in [0.25, 0.3) is 0 Å². The van der Waals surface area contributed by atoms with Gasteiger partial charge >= 0.3 is 0 Å². The van der Waals surface area contributed by atoms with Crippen LogP contribution in [0.15, 0.2) is 18.3 Å². The zero-order chi connectivity index (χ0) is 7.40. The molecule has 1 aromatic rings. The lowest BCUT2D eigenvalue weighted by atomic mass is 10.2. The van der Waals surface area contributed by atoms with Crippen molar-refractivity contribution in [2.75, 3.05) is 0 Å². The molecule has 1 radical (unpaired) electrons. The van der Waals surface area contributed by atoms with Crippen LogP contribution in [-0.2, 0) is 0 Å². The lowest BCUT2D eigenvalue weighted by Crippen LogP contribution is -1.98. The summed E-state index contributed by atoms with van der Waals surface area (Å²) >= 11 is 4.43.